The Balaban J connectivity index is 1.60. The van der Waals surface area contributed by atoms with E-state index in [1.807, 2.05) is 6.07 Å². The van der Waals surface area contributed by atoms with Gasteiger partial charge in [0.25, 0.3) is 5.91 Å². The van der Waals surface area contributed by atoms with E-state index in [1.165, 1.54) is 11.4 Å². The summed E-state index contributed by atoms with van der Waals surface area (Å²) in [5.41, 5.74) is 1.62. The molecule has 0 saturated heterocycles. The number of anilines is 2. The van der Waals surface area contributed by atoms with Gasteiger partial charge < -0.3 is 14.8 Å². The molecule has 1 N–H and O–H groups in total. The summed E-state index contributed by atoms with van der Waals surface area (Å²) in [6.07, 6.45) is -1.01. The van der Waals surface area contributed by atoms with Gasteiger partial charge in [-0.05, 0) is 29.8 Å². The van der Waals surface area contributed by atoms with Crippen LogP contribution in [0.1, 0.15) is 5.56 Å². The molecule has 31 heavy (non-hydrogen) atoms. The lowest BCUT2D eigenvalue weighted by Gasteiger charge is -2.34. The van der Waals surface area contributed by atoms with Crippen molar-refractivity contribution in [2.45, 2.75) is 11.9 Å². The van der Waals surface area contributed by atoms with Crippen LogP contribution in [-0.2, 0) is 20.6 Å². The summed E-state index contributed by atoms with van der Waals surface area (Å²) < 4.78 is 38.8. The number of hydrogen-bond donors (Lipinski definition) is 1. The normalized spacial score (nSPS) is 15.5. The molecule has 0 saturated carbocycles. The van der Waals surface area contributed by atoms with Crippen LogP contribution in [0.5, 0.6) is 11.5 Å². The summed E-state index contributed by atoms with van der Waals surface area (Å²) in [6.45, 7) is -0.123. The molecule has 3 aromatic carbocycles. The van der Waals surface area contributed by atoms with Crippen molar-refractivity contribution in [2.75, 3.05) is 23.3 Å². The van der Waals surface area contributed by atoms with Crippen molar-refractivity contribution in [3.8, 4) is 11.5 Å². The highest BCUT2D eigenvalue weighted by Crippen LogP contribution is 2.36. The van der Waals surface area contributed by atoms with E-state index in [0.717, 1.165) is 0 Å². The van der Waals surface area contributed by atoms with Gasteiger partial charge in [0, 0.05) is 11.8 Å². The Morgan fingerprint density at radius 1 is 1.06 bits per heavy atom. The Bertz CT molecular complexity index is 1180. The highest BCUT2D eigenvalue weighted by Gasteiger charge is 2.36. The number of carbonyl (C=O) groups is 1. The van der Waals surface area contributed by atoms with Gasteiger partial charge in [0.1, 0.15) is 11.5 Å². The number of amides is 1. The molecular weight excluding hydrogens is 416 g/mol. The number of fused-ring (bicyclic) bond motifs is 1. The summed E-state index contributed by atoms with van der Waals surface area (Å²) in [7, 11) is -2.21. The van der Waals surface area contributed by atoms with Gasteiger partial charge >= 0.3 is 0 Å². The summed E-state index contributed by atoms with van der Waals surface area (Å²) >= 11 is 0. The number of rotatable bonds is 6. The molecule has 0 radical (unpaired) electrons. The molecule has 7 nitrogen and oxygen atoms in total. The minimum Gasteiger partial charge on any atom is -0.497 e. The van der Waals surface area contributed by atoms with Crippen LogP contribution in [0.25, 0.3) is 0 Å². The van der Waals surface area contributed by atoms with Crippen LogP contribution in [0.2, 0.25) is 0 Å². The fourth-order valence-electron chi connectivity index (χ4n) is 3.39. The monoisotopic (exact) mass is 438 g/mol. The molecule has 3 aromatic rings. The molecule has 0 aromatic heterocycles. The van der Waals surface area contributed by atoms with Crippen molar-refractivity contribution in [1.82, 2.24) is 0 Å². The summed E-state index contributed by atoms with van der Waals surface area (Å²) in [5.74, 6) is 0.325. The number of ether oxygens (including phenoxy) is 2. The third kappa shape index (κ3) is 4.64. The smallest absolute Gasteiger partial charge is 0.267 e. The third-order valence-corrected chi connectivity index (χ3v) is 6.61. The average molecular weight is 439 g/mol. The maximum absolute atomic E-state index is 13.2. The number of benzene rings is 3. The van der Waals surface area contributed by atoms with Gasteiger partial charge in [-0.3, -0.25) is 9.10 Å². The Hall–Kier alpha value is -3.52. The second-order valence-corrected chi connectivity index (χ2v) is 8.96. The third-order valence-electron chi connectivity index (χ3n) is 4.89. The first kappa shape index (κ1) is 20.7. The van der Waals surface area contributed by atoms with Gasteiger partial charge in [-0.25, -0.2) is 8.42 Å². The predicted octanol–water partition coefficient (Wildman–Crippen LogP) is 3.43. The van der Waals surface area contributed by atoms with Crippen molar-refractivity contribution in [1.29, 1.82) is 0 Å². The zero-order chi connectivity index (χ0) is 21.8. The van der Waals surface area contributed by atoms with Gasteiger partial charge in [0.2, 0.25) is 10.0 Å². The van der Waals surface area contributed by atoms with Crippen LogP contribution in [0, 0.1) is 0 Å². The van der Waals surface area contributed by atoms with Crippen LogP contribution < -0.4 is 19.1 Å². The van der Waals surface area contributed by atoms with Crippen molar-refractivity contribution in [3.63, 3.8) is 0 Å². The van der Waals surface area contributed by atoms with E-state index in [9.17, 15) is 13.2 Å². The Kier molecular flexibility index (Phi) is 5.81. The highest BCUT2D eigenvalue weighted by molar-refractivity contribution is 7.92. The fraction of sp³-hybridized carbons (Fsp3) is 0.174. The summed E-state index contributed by atoms with van der Waals surface area (Å²) in [5, 5.41) is 2.77. The quantitative estimate of drug-likeness (QED) is 0.637. The van der Waals surface area contributed by atoms with Gasteiger partial charge in [0.15, 0.2) is 6.10 Å². The minimum absolute atomic E-state index is 0.123. The molecule has 1 aliphatic rings. The van der Waals surface area contributed by atoms with E-state index < -0.39 is 22.0 Å². The molecule has 1 amide bonds. The minimum atomic E-state index is -3.75. The van der Waals surface area contributed by atoms with E-state index in [0.29, 0.717) is 28.4 Å². The zero-order valence-corrected chi connectivity index (χ0v) is 17.7. The Labute approximate surface area is 181 Å². The number of methoxy groups -OCH3 is 1. The molecule has 0 spiro atoms. The molecule has 0 bridgehead atoms. The van der Waals surface area contributed by atoms with E-state index in [2.05, 4.69) is 5.32 Å². The van der Waals surface area contributed by atoms with E-state index >= 15 is 0 Å². The van der Waals surface area contributed by atoms with Gasteiger partial charge in [0.05, 0.1) is 25.1 Å². The number of para-hydroxylation sites is 2. The standard InChI is InChI=1S/C23H22N2O5S/c1-29-19-11-7-10-18(14-19)24-23(26)22-15-25(20-12-5-6-13-21(20)30-22)31(27,28)16-17-8-3-2-4-9-17/h2-14,22H,15-16H2,1H3,(H,24,26)/t22-/m0/s1. The van der Waals surface area contributed by atoms with Gasteiger partial charge in [-0.1, -0.05) is 48.5 Å². The Morgan fingerprint density at radius 3 is 2.58 bits per heavy atom. The zero-order valence-electron chi connectivity index (χ0n) is 16.9. The van der Waals surface area contributed by atoms with E-state index in [-0.39, 0.29) is 12.3 Å². The number of hydrogen-bond acceptors (Lipinski definition) is 5. The molecule has 4 rings (SSSR count). The number of sulfonamides is 1. The van der Waals surface area contributed by atoms with E-state index in [1.54, 1.807) is 72.8 Å². The summed E-state index contributed by atoms with van der Waals surface area (Å²) in [6, 6.07) is 22.7. The Morgan fingerprint density at radius 2 is 1.81 bits per heavy atom. The molecule has 8 heteroatoms. The SMILES string of the molecule is COc1cccc(NC(=O)[C@@H]2CN(S(=O)(=O)Cc3ccccc3)c3ccccc3O2)c1. The van der Waals surface area contributed by atoms with E-state index in [4.69, 9.17) is 9.47 Å². The first-order valence-corrected chi connectivity index (χ1v) is 11.3. The van der Waals surface area contributed by atoms with Crippen molar-refractivity contribution in [3.05, 3.63) is 84.4 Å². The summed E-state index contributed by atoms with van der Waals surface area (Å²) in [4.78, 5) is 12.9. The van der Waals surface area contributed by atoms with Gasteiger partial charge in [-0.15, -0.1) is 0 Å². The molecule has 0 fully saturated rings. The van der Waals surface area contributed by atoms with Crippen LogP contribution in [0.15, 0.2) is 78.9 Å². The average Bonchev–Trinajstić information content (AvgIpc) is 2.78. The molecule has 0 unspecified atom stereocenters. The predicted molar refractivity (Wildman–Crippen MR) is 119 cm³/mol. The maximum Gasteiger partial charge on any atom is 0.267 e. The lowest BCUT2D eigenvalue weighted by atomic mass is 10.2. The maximum atomic E-state index is 13.2. The van der Waals surface area contributed by atoms with Crippen molar-refractivity contribution < 1.29 is 22.7 Å². The largest absolute Gasteiger partial charge is 0.497 e. The molecular formula is C23H22N2O5S. The first-order chi connectivity index (χ1) is 15.0. The van der Waals surface area contributed by atoms with Crippen LogP contribution in [-0.4, -0.2) is 34.1 Å². The van der Waals surface area contributed by atoms with Crippen LogP contribution in [0.4, 0.5) is 11.4 Å². The first-order valence-electron chi connectivity index (χ1n) is 9.71. The lowest BCUT2D eigenvalue weighted by molar-refractivity contribution is -0.122. The van der Waals surface area contributed by atoms with Crippen LogP contribution in [0.3, 0.4) is 0 Å². The molecule has 0 aliphatic carbocycles. The molecule has 1 heterocycles. The second-order valence-electron chi connectivity index (χ2n) is 7.07. The molecule has 1 atom stereocenters. The second kappa shape index (κ2) is 8.69. The molecule has 1 aliphatic heterocycles. The lowest BCUT2D eigenvalue weighted by Crippen LogP contribution is -2.49. The van der Waals surface area contributed by atoms with Crippen molar-refractivity contribution >= 4 is 27.3 Å². The van der Waals surface area contributed by atoms with Gasteiger partial charge in [-0.2, -0.15) is 0 Å². The fourth-order valence-corrected chi connectivity index (χ4v) is 4.97. The topological polar surface area (TPSA) is 84.9 Å². The number of nitrogens with one attached hydrogen (secondary N) is 1. The van der Waals surface area contributed by atoms with Crippen LogP contribution >= 0.6 is 0 Å². The highest BCUT2D eigenvalue weighted by atomic mass is 32.2. The number of carbonyl (C=O) groups excluding carboxylic acids is 1. The molecule has 160 valence electrons. The van der Waals surface area contributed by atoms with Crippen molar-refractivity contribution in [2.24, 2.45) is 0 Å². The number of nitrogens with zero attached hydrogens (tertiary/aromatic N) is 1.